The summed E-state index contributed by atoms with van der Waals surface area (Å²) in [5, 5.41) is 1.29. The largest absolute Gasteiger partial charge is 0.497 e. The van der Waals surface area contributed by atoms with E-state index in [1.807, 2.05) is 34.9 Å². The van der Waals surface area contributed by atoms with Crippen LogP contribution in [-0.2, 0) is 16.0 Å². The van der Waals surface area contributed by atoms with E-state index in [9.17, 15) is 4.79 Å². The number of carbonyl (C=O) groups excluding carboxylic acids is 1. The molecule has 9 heteroatoms. The fourth-order valence-electron chi connectivity index (χ4n) is 3.97. The molecule has 35 heavy (non-hydrogen) atoms. The molecule has 0 aliphatic carbocycles. The van der Waals surface area contributed by atoms with Crippen molar-refractivity contribution >= 4 is 56.8 Å². The third-order valence-electron chi connectivity index (χ3n) is 5.73. The molecular weight excluding hydrogens is 502 g/mol. The number of fused-ring (bicyclic) bond motifs is 1. The summed E-state index contributed by atoms with van der Waals surface area (Å²) in [4.78, 5) is 23.8. The van der Waals surface area contributed by atoms with Gasteiger partial charge in [-0.05, 0) is 42.3 Å². The third kappa shape index (κ3) is 7.82. The minimum Gasteiger partial charge on any atom is -0.497 e. The molecule has 0 bridgehead atoms. The summed E-state index contributed by atoms with van der Waals surface area (Å²) in [5.74, 6) is 0.879. The van der Waals surface area contributed by atoms with Crippen LogP contribution >= 0.6 is 35.5 Å². The van der Waals surface area contributed by atoms with Crippen LogP contribution in [0.5, 0.6) is 5.75 Å². The minimum absolute atomic E-state index is 0. The second-order valence-electron chi connectivity index (χ2n) is 8.67. The molecule has 1 amide bonds. The lowest BCUT2D eigenvalue weighted by molar-refractivity contribution is -0.118. The molecule has 3 aromatic rings. The van der Waals surface area contributed by atoms with Crippen molar-refractivity contribution in [1.29, 1.82) is 0 Å². The zero-order valence-corrected chi connectivity index (χ0v) is 23.0. The maximum absolute atomic E-state index is 13.5. The maximum Gasteiger partial charge on any atom is 0.233 e. The van der Waals surface area contributed by atoms with Crippen molar-refractivity contribution in [3.05, 3.63) is 48.0 Å². The van der Waals surface area contributed by atoms with Gasteiger partial charge in [0, 0.05) is 36.3 Å². The van der Waals surface area contributed by atoms with Crippen LogP contribution in [0.4, 0.5) is 5.13 Å². The normalized spacial score (nSPS) is 14.2. The third-order valence-corrected chi connectivity index (χ3v) is 7.78. The molecule has 4 rings (SSSR count). The number of thioether (sulfide) groups is 1. The quantitative estimate of drug-likeness (QED) is 0.318. The van der Waals surface area contributed by atoms with Gasteiger partial charge in [-0.25, -0.2) is 4.98 Å². The van der Waals surface area contributed by atoms with Crippen LogP contribution in [0.1, 0.15) is 25.8 Å². The summed E-state index contributed by atoms with van der Waals surface area (Å²) in [6.45, 7) is 9.45. The number of morpholine rings is 1. The summed E-state index contributed by atoms with van der Waals surface area (Å²) < 4.78 is 11.8. The van der Waals surface area contributed by atoms with Crippen LogP contribution in [0.15, 0.2) is 47.4 Å². The van der Waals surface area contributed by atoms with Crippen molar-refractivity contribution in [3.63, 3.8) is 0 Å². The molecule has 0 spiro atoms. The Kier molecular flexibility index (Phi) is 10.7. The highest BCUT2D eigenvalue weighted by molar-refractivity contribution is 7.99. The summed E-state index contributed by atoms with van der Waals surface area (Å²) in [6.07, 6.45) is 1.26. The van der Waals surface area contributed by atoms with E-state index in [4.69, 9.17) is 14.5 Å². The van der Waals surface area contributed by atoms with Crippen molar-refractivity contribution in [1.82, 2.24) is 9.88 Å². The lowest BCUT2D eigenvalue weighted by atomic mass is 10.1. The number of amides is 1. The van der Waals surface area contributed by atoms with Crippen LogP contribution in [-0.4, -0.2) is 67.5 Å². The maximum atomic E-state index is 13.5. The summed E-state index contributed by atoms with van der Waals surface area (Å²) in [6, 6.07) is 14.2. The standard InChI is InChI=1S/C26H33N3O3S2.ClH/c1-19(2)33-22-8-5-20(6-9-22)17-25(30)29(12-4-11-28-13-15-32-16-14-28)26-27-23-10-7-21(31-3)18-24(23)34-26;/h5-10,18-19H,4,11-17H2,1-3H3;1H. The highest BCUT2D eigenvalue weighted by atomic mass is 35.5. The van der Waals surface area contributed by atoms with Crippen LogP contribution in [0, 0.1) is 0 Å². The van der Waals surface area contributed by atoms with Crippen LogP contribution in [0.2, 0.25) is 0 Å². The predicted octanol–water partition coefficient (Wildman–Crippen LogP) is 5.53. The van der Waals surface area contributed by atoms with Crippen LogP contribution in [0.3, 0.4) is 0 Å². The molecule has 0 saturated carbocycles. The van der Waals surface area contributed by atoms with Gasteiger partial charge < -0.3 is 9.47 Å². The average molecular weight is 536 g/mol. The van der Waals surface area contributed by atoms with Crippen molar-refractivity contribution < 1.29 is 14.3 Å². The first-order valence-electron chi connectivity index (χ1n) is 11.8. The SMILES string of the molecule is COc1ccc2nc(N(CCCN3CCOCC3)C(=O)Cc3ccc(SC(C)C)cc3)sc2c1.Cl. The highest BCUT2D eigenvalue weighted by Crippen LogP contribution is 2.32. The molecule has 2 aromatic carbocycles. The molecule has 1 aliphatic heterocycles. The number of hydrogen-bond acceptors (Lipinski definition) is 7. The van der Waals surface area contributed by atoms with Gasteiger partial charge in [0.05, 0.1) is 37.0 Å². The number of hydrogen-bond donors (Lipinski definition) is 0. The van der Waals surface area contributed by atoms with E-state index < -0.39 is 0 Å². The Labute approximate surface area is 222 Å². The average Bonchev–Trinajstić information content (AvgIpc) is 3.26. The Hall–Kier alpha value is -1.84. The number of halogens is 1. The van der Waals surface area contributed by atoms with Gasteiger partial charge in [0.25, 0.3) is 0 Å². The lowest BCUT2D eigenvalue weighted by Gasteiger charge is -2.27. The summed E-state index contributed by atoms with van der Waals surface area (Å²) in [5.41, 5.74) is 1.92. The number of aromatic nitrogens is 1. The molecule has 0 atom stereocenters. The van der Waals surface area contributed by atoms with Crippen molar-refractivity contribution in [2.45, 2.75) is 36.8 Å². The first kappa shape index (κ1) is 27.7. The van der Waals surface area contributed by atoms with Gasteiger partial charge in [0.15, 0.2) is 5.13 Å². The fraction of sp³-hybridized carbons (Fsp3) is 0.462. The molecule has 0 N–H and O–H groups in total. The topological polar surface area (TPSA) is 54.9 Å². The van der Waals surface area contributed by atoms with E-state index in [2.05, 4.69) is 43.0 Å². The molecule has 0 radical (unpaired) electrons. The molecule has 0 unspecified atom stereocenters. The van der Waals surface area contributed by atoms with E-state index in [0.29, 0.717) is 18.2 Å². The van der Waals surface area contributed by atoms with Gasteiger partial charge in [-0.1, -0.05) is 37.3 Å². The fourth-order valence-corrected chi connectivity index (χ4v) is 5.84. The number of rotatable bonds is 10. The van der Waals surface area contributed by atoms with Crippen molar-refractivity contribution in [2.75, 3.05) is 51.4 Å². The lowest BCUT2D eigenvalue weighted by Crippen LogP contribution is -2.39. The molecule has 2 heterocycles. The molecular formula is C26H34ClN3O3S2. The van der Waals surface area contributed by atoms with E-state index in [1.54, 1.807) is 18.4 Å². The number of anilines is 1. The number of carbonyl (C=O) groups is 1. The smallest absolute Gasteiger partial charge is 0.233 e. The zero-order valence-electron chi connectivity index (χ0n) is 20.6. The second kappa shape index (κ2) is 13.5. The first-order valence-corrected chi connectivity index (χ1v) is 13.5. The van der Waals surface area contributed by atoms with Crippen molar-refractivity contribution in [2.24, 2.45) is 0 Å². The van der Waals surface area contributed by atoms with Crippen LogP contribution in [0.25, 0.3) is 10.2 Å². The Morgan fingerprint density at radius 1 is 1.20 bits per heavy atom. The number of ether oxygens (including phenoxy) is 2. The monoisotopic (exact) mass is 535 g/mol. The minimum atomic E-state index is 0. The van der Waals surface area contributed by atoms with Gasteiger partial charge >= 0.3 is 0 Å². The molecule has 6 nitrogen and oxygen atoms in total. The number of benzene rings is 2. The molecule has 1 aliphatic rings. The van der Waals surface area contributed by atoms with Gasteiger partial charge in [-0.15, -0.1) is 24.2 Å². The van der Waals surface area contributed by atoms with Crippen LogP contribution < -0.4 is 9.64 Å². The molecule has 190 valence electrons. The van der Waals surface area contributed by atoms with E-state index in [-0.39, 0.29) is 18.3 Å². The predicted molar refractivity (Wildman–Crippen MR) is 149 cm³/mol. The molecule has 1 aromatic heterocycles. The number of thiazole rings is 1. The second-order valence-corrected chi connectivity index (χ2v) is 11.3. The van der Waals surface area contributed by atoms with E-state index in [1.165, 1.54) is 4.90 Å². The van der Waals surface area contributed by atoms with E-state index in [0.717, 1.165) is 65.9 Å². The van der Waals surface area contributed by atoms with Gasteiger partial charge in [0.1, 0.15) is 5.75 Å². The van der Waals surface area contributed by atoms with Crippen molar-refractivity contribution in [3.8, 4) is 5.75 Å². The molecule has 1 fully saturated rings. The van der Waals surface area contributed by atoms with E-state index >= 15 is 0 Å². The highest BCUT2D eigenvalue weighted by Gasteiger charge is 2.21. The van der Waals surface area contributed by atoms with Gasteiger partial charge in [0.2, 0.25) is 5.91 Å². The van der Waals surface area contributed by atoms with Gasteiger partial charge in [-0.3, -0.25) is 14.6 Å². The first-order chi connectivity index (χ1) is 16.5. The summed E-state index contributed by atoms with van der Waals surface area (Å²) in [7, 11) is 1.66. The zero-order chi connectivity index (χ0) is 23.9. The molecule has 1 saturated heterocycles. The Balaban J connectivity index is 0.00000342. The number of methoxy groups -OCH3 is 1. The Bertz CT molecular complexity index is 1090. The Morgan fingerprint density at radius 2 is 1.94 bits per heavy atom. The summed E-state index contributed by atoms with van der Waals surface area (Å²) >= 11 is 3.38. The Morgan fingerprint density at radius 3 is 2.63 bits per heavy atom. The number of nitrogens with zero attached hydrogens (tertiary/aromatic N) is 3. The van der Waals surface area contributed by atoms with Gasteiger partial charge in [-0.2, -0.15) is 0 Å².